The first-order chi connectivity index (χ1) is 14.1. The van der Waals surface area contributed by atoms with Gasteiger partial charge in [0.25, 0.3) is 0 Å². The van der Waals surface area contributed by atoms with Gasteiger partial charge in [0.05, 0.1) is 6.10 Å². The molecule has 0 saturated carbocycles. The number of aryl methyl sites for hydroxylation is 1. The second-order valence-corrected chi connectivity index (χ2v) is 8.09. The highest BCUT2D eigenvalue weighted by Crippen LogP contribution is 2.19. The molecule has 2 heterocycles. The van der Waals surface area contributed by atoms with Crippen molar-refractivity contribution >= 4 is 22.6 Å². The summed E-state index contributed by atoms with van der Waals surface area (Å²) in [5.74, 6) is 2.83. The van der Waals surface area contributed by atoms with Crippen LogP contribution < -0.4 is 15.0 Å². The van der Waals surface area contributed by atoms with Crippen molar-refractivity contribution in [3.05, 3.63) is 35.7 Å². The SMILES string of the molecule is CCc1nsc(N2CCN(C(=NC)NCCc3ccc(OC(C)C)cc3)CC2)n1. The maximum atomic E-state index is 5.70. The Morgan fingerprint density at radius 1 is 1.21 bits per heavy atom. The Balaban J connectivity index is 1.43. The van der Waals surface area contributed by atoms with Crippen molar-refractivity contribution in [2.45, 2.75) is 39.7 Å². The van der Waals surface area contributed by atoms with Gasteiger partial charge in [0.1, 0.15) is 11.6 Å². The quantitative estimate of drug-likeness (QED) is 0.553. The van der Waals surface area contributed by atoms with Crippen LogP contribution in [0, 0.1) is 0 Å². The molecule has 1 aliphatic heterocycles. The summed E-state index contributed by atoms with van der Waals surface area (Å²) >= 11 is 1.50. The summed E-state index contributed by atoms with van der Waals surface area (Å²) in [6.07, 6.45) is 2.04. The summed E-state index contributed by atoms with van der Waals surface area (Å²) in [7, 11) is 1.85. The van der Waals surface area contributed by atoms with Crippen LogP contribution in [0.1, 0.15) is 32.2 Å². The molecule has 1 N–H and O–H groups in total. The predicted octanol–water partition coefficient (Wildman–Crippen LogP) is 2.83. The molecular weight excluding hydrogens is 384 g/mol. The highest BCUT2D eigenvalue weighted by Gasteiger charge is 2.21. The van der Waals surface area contributed by atoms with Crippen molar-refractivity contribution in [1.82, 2.24) is 19.6 Å². The van der Waals surface area contributed by atoms with Gasteiger partial charge in [-0.3, -0.25) is 4.99 Å². The van der Waals surface area contributed by atoms with Crippen molar-refractivity contribution in [3.8, 4) is 5.75 Å². The third kappa shape index (κ3) is 6.06. The van der Waals surface area contributed by atoms with Crippen molar-refractivity contribution in [2.75, 3.05) is 44.7 Å². The molecule has 0 unspecified atom stereocenters. The molecule has 29 heavy (non-hydrogen) atoms. The van der Waals surface area contributed by atoms with E-state index in [4.69, 9.17) is 4.74 Å². The van der Waals surface area contributed by atoms with Crippen LogP contribution in [-0.2, 0) is 12.8 Å². The van der Waals surface area contributed by atoms with Gasteiger partial charge in [0.15, 0.2) is 5.96 Å². The van der Waals surface area contributed by atoms with E-state index in [1.54, 1.807) is 0 Å². The Kier molecular flexibility index (Phi) is 7.69. The molecule has 0 atom stereocenters. The van der Waals surface area contributed by atoms with Crippen LogP contribution in [0.25, 0.3) is 0 Å². The molecule has 8 heteroatoms. The molecule has 1 aromatic carbocycles. The van der Waals surface area contributed by atoms with E-state index in [0.29, 0.717) is 0 Å². The molecule has 0 spiro atoms. The first-order valence-electron chi connectivity index (χ1n) is 10.4. The number of nitrogens with zero attached hydrogens (tertiary/aromatic N) is 5. The Morgan fingerprint density at radius 2 is 1.93 bits per heavy atom. The zero-order chi connectivity index (χ0) is 20.6. The summed E-state index contributed by atoms with van der Waals surface area (Å²) in [5.41, 5.74) is 1.29. The first kappa shape index (κ1) is 21.4. The average Bonchev–Trinajstić information content (AvgIpc) is 3.22. The summed E-state index contributed by atoms with van der Waals surface area (Å²) in [4.78, 5) is 13.7. The zero-order valence-corrected chi connectivity index (χ0v) is 18.7. The van der Waals surface area contributed by atoms with Gasteiger partial charge in [-0.15, -0.1) is 0 Å². The van der Waals surface area contributed by atoms with Crippen LogP contribution in [0.3, 0.4) is 0 Å². The second-order valence-electron chi connectivity index (χ2n) is 7.36. The molecule has 2 aromatic rings. The lowest BCUT2D eigenvalue weighted by Crippen LogP contribution is -2.52. The van der Waals surface area contributed by atoms with Crippen LogP contribution in [0.5, 0.6) is 5.75 Å². The molecule has 0 bridgehead atoms. The number of nitrogens with one attached hydrogen (secondary N) is 1. The predicted molar refractivity (Wildman–Crippen MR) is 120 cm³/mol. The normalized spacial score (nSPS) is 15.1. The maximum absolute atomic E-state index is 5.70. The number of ether oxygens (including phenoxy) is 1. The number of rotatable bonds is 7. The number of guanidine groups is 1. The zero-order valence-electron chi connectivity index (χ0n) is 17.9. The fourth-order valence-electron chi connectivity index (χ4n) is 3.28. The summed E-state index contributed by atoms with van der Waals surface area (Å²) in [6.45, 7) is 10.8. The monoisotopic (exact) mass is 416 g/mol. The van der Waals surface area contributed by atoms with Gasteiger partial charge >= 0.3 is 0 Å². The number of aromatic nitrogens is 2. The molecule has 1 aliphatic rings. The van der Waals surface area contributed by atoms with Gasteiger partial charge < -0.3 is 19.9 Å². The highest BCUT2D eigenvalue weighted by atomic mass is 32.1. The minimum absolute atomic E-state index is 0.201. The van der Waals surface area contributed by atoms with E-state index in [1.807, 2.05) is 33.0 Å². The van der Waals surface area contributed by atoms with Crippen LogP contribution in [0.4, 0.5) is 5.13 Å². The number of benzene rings is 1. The molecule has 0 aliphatic carbocycles. The largest absolute Gasteiger partial charge is 0.491 e. The van der Waals surface area contributed by atoms with E-state index in [1.165, 1.54) is 17.1 Å². The number of hydrogen-bond donors (Lipinski definition) is 1. The highest BCUT2D eigenvalue weighted by molar-refractivity contribution is 7.09. The lowest BCUT2D eigenvalue weighted by atomic mass is 10.1. The van der Waals surface area contributed by atoms with E-state index in [2.05, 4.69) is 48.5 Å². The lowest BCUT2D eigenvalue weighted by molar-refractivity contribution is 0.242. The molecule has 1 aromatic heterocycles. The lowest BCUT2D eigenvalue weighted by Gasteiger charge is -2.36. The standard InChI is InChI=1S/C21H32N6OS/c1-5-19-24-21(29-25-19)27-14-12-26(13-15-27)20(22-4)23-11-10-17-6-8-18(9-7-17)28-16(2)3/h6-9,16H,5,10-15H2,1-4H3,(H,22,23). The van der Waals surface area contributed by atoms with Gasteiger partial charge in [-0.1, -0.05) is 19.1 Å². The van der Waals surface area contributed by atoms with Gasteiger partial charge in [-0.2, -0.15) is 4.37 Å². The van der Waals surface area contributed by atoms with Crippen molar-refractivity contribution in [2.24, 2.45) is 4.99 Å². The smallest absolute Gasteiger partial charge is 0.205 e. The molecule has 158 valence electrons. The molecule has 1 saturated heterocycles. The third-order valence-electron chi connectivity index (χ3n) is 4.83. The maximum Gasteiger partial charge on any atom is 0.205 e. The van der Waals surface area contributed by atoms with Crippen molar-refractivity contribution in [1.29, 1.82) is 0 Å². The second kappa shape index (κ2) is 10.4. The molecule has 0 amide bonds. The van der Waals surface area contributed by atoms with Gasteiger partial charge in [-0.25, -0.2) is 4.98 Å². The molecule has 1 fully saturated rings. The molecule has 7 nitrogen and oxygen atoms in total. The summed E-state index contributed by atoms with van der Waals surface area (Å²) in [6, 6.07) is 8.35. The number of aliphatic imine (C=N–C) groups is 1. The fraction of sp³-hybridized carbons (Fsp3) is 0.571. The van der Waals surface area contributed by atoms with E-state index >= 15 is 0 Å². The number of hydrogen-bond acceptors (Lipinski definition) is 6. The van der Waals surface area contributed by atoms with E-state index in [9.17, 15) is 0 Å². The Morgan fingerprint density at radius 3 is 2.52 bits per heavy atom. The van der Waals surface area contributed by atoms with Crippen LogP contribution in [0.15, 0.2) is 29.3 Å². The molecular formula is C21H32N6OS. The topological polar surface area (TPSA) is 65.9 Å². The van der Waals surface area contributed by atoms with Crippen LogP contribution in [0.2, 0.25) is 0 Å². The van der Waals surface area contributed by atoms with Crippen molar-refractivity contribution < 1.29 is 4.74 Å². The van der Waals surface area contributed by atoms with Crippen molar-refractivity contribution in [3.63, 3.8) is 0 Å². The van der Waals surface area contributed by atoms with E-state index in [0.717, 1.165) is 68.2 Å². The van der Waals surface area contributed by atoms with E-state index < -0.39 is 0 Å². The fourth-order valence-corrected chi connectivity index (χ4v) is 4.09. The van der Waals surface area contributed by atoms with Gasteiger partial charge in [0, 0.05) is 57.7 Å². The average molecular weight is 417 g/mol. The van der Waals surface area contributed by atoms with Gasteiger partial charge in [0.2, 0.25) is 5.13 Å². The minimum atomic E-state index is 0.201. The Labute approximate surface area is 178 Å². The summed E-state index contributed by atoms with van der Waals surface area (Å²) in [5, 5.41) is 4.54. The van der Waals surface area contributed by atoms with Gasteiger partial charge in [-0.05, 0) is 38.0 Å². The minimum Gasteiger partial charge on any atom is -0.491 e. The first-order valence-corrected chi connectivity index (χ1v) is 11.1. The summed E-state index contributed by atoms with van der Waals surface area (Å²) < 4.78 is 10.1. The number of anilines is 1. The molecule has 3 rings (SSSR count). The van der Waals surface area contributed by atoms with Crippen LogP contribution in [-0.4, -0.2) is 66.1 Å². The Bertz CT molecular complexity index is 781. The Hall–Kier alpha value is -2.35. The third-order valence-corrected chi connectivity index (χ3v) is 5.64. The number of piperazine rings is 1. The van der Waals surface area contributed by atoms with Crippen LogP contribution >= 0.6 is 11.5 Å². The van der Waals surface area contributed by atoms with E-state index in [-0.39, 0.29) is 6.10 Å². The molecule has 0 radical (unpaired) electrons.